The Morgan fingerprint density at radius 2 is 1.62 bits per heavy atom. The molecule has 2 aromatic carbocycles. The van der Waals surface area contributed by atoms with Crippen LogP contribution in [-0.4, -0.2) is 36.1 Å². The van der Waals surface area contributed by atoms with Crippen molar-refractivity contribution in [3.8, 4) is 0 Å². The van der Waals surface area contributed by atoms with Gasteiger partial charge in [-0.15, -0.1) is 24.8 Å². The van der Waals surface area contributed by atoms with E-state index in [1.54, 1.807) is 0 Å². The van der Waals surface area contributed by atoms with Crippen LogP contribution in [0.2, 0.25) is 0 Å². The minimum Gasteiger partial charge on any atom is -0.399 e. The van der Waals surface area contributed by atoms with E-state index in [1.807, 2.05) is 42.5 Å². The number of benzene rings is 2. The summed E-state index contributed by atoms with van der Waals surface area (Å²) in [5.41, 5.74) is 9.73. The van der Waals surface area contributed by atoms with Crippen LogP contribution in [0.15, 0.2) is 48.5 Å². The molecule has 29 heavy (non-hydrogen) atoms. The van der Waals surface area contributed by atoms with Gasteiger partial charge < -0.3 is 15.8 Å². The predicted octanol–water partition coefficient (Wildman–Crippen LogP) is 4.29. The number of para-hydroxylation sites is 2. The fourth-order valence-electron chi connectivity index (χ4n) is 3.66. The number of carbonyl (C=O) groups is 1. The van der Waals surface area contributed by atoms with E-state index >= 15 is 0 Å². The molecule has 7 heteroatoms. The molecule has 0 bridgehead atoms. The van der Waals surface area contributed by atoms with Gasteiger partial charge in [-0.05, 0) is 43.5 Å². The molecule has 1 saturated heterocycles. The Kier molecular flexibility index (Phi) is 10.5. The van der Waals surface area contributed by atoms with Crippen LogP contribution in [-0.2, 0) is 22.5 Å². The maximum Gasteiger partial charge on any atom is 0.224 e. The lowest BCUT2D eigenvalue weighted by Gasteiger charge is -2.35. The van der Waals surface area contributed by atoms with Crippen LogP contribution in [0, 0.1) is 0 Å². The summed E-state index contributed by atoms with van der Waals surface area (Å²) in [7, 11) is 0. The molecule has 2 unspecified atom stereocenters. The quantitative estimate of drug-likeness (QED) is 0.658. The molecule has 0 saturated carbocycles. The van der Waals surface area contributed by atoms with Crippen molar-refractivity contribution in [2.75, 3.05) is 24.1 Å². The number of aryl methyl sites for hydroxylation is 1. The van der Waals surface area contributed by atoms with Gasteiger partial charge in [0.2, 0.25) is 5.91 Å². The SMILES string of the molecule is CC1CN(Cc2ccccc2NC(=O)CCc2ccccc2N)CC(C)O1.Cl.Cl. The van der Waals surface area contributed by atoms with Crippen molar-refractivity contribution >= 4 is 42.1 Å². The first-order valence-corrected chi connectivity index (χ1v) is 9.60. The first-order chi connectivity index (χ1) is 13.0. The fraction of sp³-hybridized carbons (Fsp3) is 0.409. The van der Waals surface area contributed by atoms with Crippen LogP contribution in [0.25, 0.3) is 0 Å². The Labute approximate surface area is 185 Å². The Morgan fingerprint density at radius 1 is 1.03 bits per heavy atom. The van der Waals surface area contributed by atoms with Gasteiger partial charge in [0.25, 0.3) is 0 Å². The van der Waals surface area contributed by atoms with E-state index in [0.717, 1.165) is 42.1 Å². The van der Waals surface area contributed by atoms with E-state index in [4.69, 9.17) is 10.5 Å². The lowest BCUT2D eigenvalue weighted by Crippen LogP contribution is -2.44. The molecule has 0 aliphatic carbocycles. The minimum absolute atomic E-state index is 0. The standard InChI is InChI=1S/C22H29N3O2.2ClH/c1-16-13-25(14-17(2)27-16)15-19-8-4-6-10-21(19)24-22(26)12-11-18-7-3-5-9-20(18)23;;/h3-10,16-17H,11-15,23H2,1-2H3,(H,24,26);2*1H. The summed E-state index contributed by atoms with van der Waals surface area (Å²) in [4.78, 5) is 14.8. The molecule has 2 atom stereocenters. The van der Waals surface area contributed by atoms with Crippen molar-refractivity contribution in [1.29, 1.82) is 0 Å². The number of nitrogens with zero attached hydrogens (tertiary/aromatic N) is 1. The Bertz CT molecular complexity index is 778. The van der Waals surface area contributed by atoms with Gasteiger partial charge in [-0.25, -0.2) is 0 Å². The maximum absolute atomic E-state index is 12.5. The van der Waals surface area contributed by atoms with Gasteiger partial charge in [-0.1, -0.05) is 36.4 Å². The zero-order valence-corrected chi connectivity index (χ0v) is 18.6. The number of ether oxygens (including phenoxy) is 1. The second kappa shape index (κ2) is 12.0. The summed E-state index contributed by atoms with van der Waals surface area (Å²) < 4.78 is 5.81. The van der Waals surface area contributed by atoms with Gasteiger partial charge in [0.05, 0.1) is 12.2 Å². The predicted molar refractivity (Wildman–Crippen MR) is 124 cm³/mol. The molecule has 5 nitrogen and oxygen atoms in total. The maximum atomic E-state index is 12.5. The summed E-state index contributed by atoms with van der Waals surface area (Å²) in [6.07, 6.45) is 1.51. The lowest BCUT2D eigenvalue weighted by molar-refractivity contribution is -0.116. The number of hydrogen-bond donors (Lipinski definition) is 2. The third-order valence-corrected chi connectivity index (χ3v) is 4.86. The molecule has 1 fully saturated rings. The van der Waals surface area contributed by atoms with Crippen molar-refractivity contribution in [1.82, 2.24) is 4.90 Å². The number of nitrogen functional groups attached to an aromatic ring is 1. The first kappa shape index (κ1) is 25.2. The minimum atomic E-state index is 0. The molecule has 3 rings (SSSR count). The van der Waals surface area contributed by atoms with E-state index < -0.39 is 0 Å². The molecule has 0 spiro atoms. The van der Waals surface area contributed by atoms with Crippen molar-refractivity contribution in [2.24, 2.45) is 0 Å². The second-order valence-electron chi connectivity index (χ2n) is 7.36. The van der Waals surface area contributed by atoms with Crippen molar-refractivity contribution in [3.63, 3.8) is 0 Å². The molecule has 3 N–H and O–H groups in total. The lowest BCUT2D eigenvalue weighted by atomic mass is 10.1. The number of hydrogen-bond acceptors (Lipinski definition) is 4. The summed E-state index contributed by atoms with van der Waals surface area (Å²) in [5, 5.41) is 3.07. The number of morpholine rings is 1. The summed E-state index contributed by atoms with van der Waals surface area (Å²) in [6.45, 7) is 6.82. The van der Waals surface area contributed by atoms with Crippen molar-refractivity contribution < 1.29 is 9.53 Å². The van der Waals surface area contributed by atoms with E-state index in [0.29, 0.717) is 12.8 Å². The molecule has 1 aliphatic heterocycles. The zero-order chi connectivity index (χ0) is 19.2. The highest BCUT2D eigenvalue weighted by molar-refractivity contribution is 5.91. The van der Waals surface area contributed by atoms with Crippen LogP contribution in [0.4, 0.5) is 11.4 Å². The Balaban J connectivity index is 0.00000210. The highest BCUT2D eigenvalue weighted by Crippen LogP contribution is 2.21. The van der Waals surface area contributed by atoms with Crippen molar-refractivity contribution in [3.05, 3.63) is 59.7 Å². The van der Waals surface area contributed by atoms with Crippen LogP contribution in [0.1, 0.15) is 31.4 Å². The second-order valence-corrected chi connectivity index (χ2v) is 7.36. The highest BCUT2D eigenvalue weighted by atomic mass is 35.5. The molecule has 1 amide bonds. The van der Waals surface area contributed by atoms with Crippen LogP contribution < -0.4 is 11.1 Å². The summed E-state index contributed by atoms with van der Waals surface area (Å²) >= 11 is 0. The van der Waals surface area contributed by atoms with E-state index in [-0.39, 0.29) is 42.9 Å². The number of rotatable bonds is 6. The number of nitrogens with one attached hydrogen (secondary N) is 1. The number of carbonyl (C=O) groups excluding carboxylic acids is 1. The largest absolute Gasteiger partial charge is 0.399 e. The normalized spacial score (nSPS) is 19.0. The fourth-order valence-corrected chi connectivity index (χ4v) is 3.66. The van der Waals surface area contributed by atoms with E-state index in [9.17, 15) is 4.79 Å². The monoisotopic (exact) mass is 439 g/mol. The van der Waals surface area contributed by atoms with Crippen molar-refractivity contribution in [2.45, 2.75) is 45.4 Å². The Morgan fingerprint density at radius 3 is 2.28 bits per heavy atom. The number of amides is 1. The molecule has 0 aromatic heterocycles. The first-order valence-electron chi connectivity index (χ1n) is 9.60. The van der Waals surface area contributed by atoms with E-state index in [1.165, 1.54) is 0 Å². The molecule has 1 aliphatic rings. The number of nitrogens with two attached hydrogens (primary N) is 1. The van der Waals surface area contributed by atoms with Crippen LogP contribution in [0.5, 0.6) is 0 Å². The summed E-state index contributed by atoms with van der Waals surface area (Å²) in [5.74, 6) is 0.00872. The zero-order valence-electron chi connectivity index (χ0n) is 17.0. The average Bonchev–Trinajstić information content (AvgIpc) is 2.62. The van der Waals surface area contributed by atoms with Gasteiger partial charge in [0.15, 0.2) is 0 Å². The molecule has 0 radical (unpaired) electrons. The van der Waals surface area contributed by atoms with Gasteiger partial charge in [0, 0.05) is 37.4 Å². The third kappa shape index (κ3) is 7.52. The average molecular weight is 440 g/mol. The van der Waals surface area contributed by atoms with Crippen LogP contribution >= 0.6 is 24.8 Å². The van der Waals surface area contributed by atoms with Gasteiger partial charge in [0.1, 0.15) is 0 Å². The highest BCUT2D eigenvalue weighted by Gasteiger charge is 2.22. The topological polar surface area (TPSA) is 67.6 Å². The molecular formula is C22H31Cl2N3O2. The van der Waals surface area contributed by atoms with Gasteiger partial charge in [-0.3, -0.25) is 9.69 Å². The third-order valence-electron chi connectivity index (χ3n) is 4.86. The van der Waals surface area contributed by atoms with Gasteiger partial charge >= 0.3 is 0 Å². The number of anilines is 2. The smallest absolute Gasteiger partial charge is 0.224 e. The number of halogens is 2. The molecule has 1 heterocycles. The van der Waals surface area contributed by atoms with E-state index in [2.05, 4.69) is 30.1 Å². The van der Waals surface area contributed by atoms with Crippen LogP contribution in [0.3, 0.4) is 0 Å². The molecule has 160 valence electrons. The van der Waals surface area contributed by atoms with Gasteiger partial charge in [-0.2, -0.15) is 0 Å². The summed E-state index contributed by atoms with van der Waals surface area (Å²) in [6, 6.07) is 15.7. The Hall–Kier alpha value is -1.79. The molecular weight excluding hydrogens is 409 g/mol. The molecule has 2 aromatic rings.